The molecule has 3 rings (SSSR count). The molecule has 134 valence electrons. The molecule has 3 aromatic rings. The molecule has 0 spiro atoms. The number of rotatable bonds is 7. The van der Waals surface area contributed by atoms with Gasteiger partial charge in [-0.15, -0.1) is 0 Å². The first-order chi connectivity index (χ1) is 12.7. The average molecular weight is 367 g/mol. The first-order valence-corrected chi connectivity index (χ1v) is 9.25. The summed E-state index contributed by atoms with van der Waals surface area (Å²) in [6.45, 7) is 0.479. The Balaban J connectivity index is 1.54. The van der Waals surface area contributed by atoms with Crippen LogP contribution in [-0.4, -0.2) is 28.3 Å². The Morgan fingerprint density at radius 3 is 2.77 bits per heavy atom. The van der Waals surface area contributed by atoms with Gasteiger partial charge in [0.2, 0.25) is 5.91 Å². The maximum absolute atomic E-state index is 12.1. The number of hydrogen-bond donors (Lipinski definition) is 1. The average Bonchev–Trinajstić information content (AvgIpc) is 3.06. The van der Waals surface area contributed by atoms with Crippen LogP contribution in [-0.2, 0) is 18.4 Å². The second-order valence-corrected chi connectivity index (χ2v) is 6.71. The lowest BCUT2D eigenvalue weighted by molar-refractivity contribution is -0.118. The molecule has 0 radical (unpaired) electrons. The summed E-state index contributed by atoms with van der Waals surface area (Å²) in [6.07, 6.45) is 1.84. The van der Waals surface area contributed by atoms with E-state index in [9.17, 15) is 4.79 Å². The van der Waals surface area contributed by atoms with Crippen LogP contribution in [0.2, 0.25) is 0 Å². The van der Waals surface area contributed by atoms with Gasteiger partial charge in [-0.2, -0.15) is 0 Å². The van der Waals surface area contributed by atoms with E-state index >= 15 is 0 Å². The number of thioether (sulfide) groups is 1. The molecule has 0 aliphatic rings. The second-order valence-electron chi connectivity index (χ2n) is 5.77. The van der Waals surface area contributed by atoms with Crippen LogP contribution in [0, 0.1) is 0 Å². The van der Waals surface area contributed by atoms with Crippen molar-refractivity contribution in [3.63, 3.8) is 0 Å². The molecule has 0 aliphatic carbocycles. The predicted molar refractivity (Wildman–Crippen MR) is 104 cm³/mol. The van der Waals surface area contributed by atoms with Gasteiger partial charge in [-0.05, 0) is 23.3 Å². The second kappa shape index (κ2) is 8.58. The van der Waals surface area contributed by atoms with Crippen LogP contribution in [0.4, 0.5) is 0 Å². The Labute approximate surface area is 157 Å². The normalized spacial score (nSPS) is 10.5. The molecule has 0 saturated heterocycles. The number of benzene rings is 2. The van der Waals surface area contributed by atoms with Crippen LogP contribution < -0.4 is 10.1 Å². The van der Waals surface area contributed by atoms with Gasteiger partial charge in [-0.3, -0.25) is 4.79 Å². The maximum Gasteiger partial charge on any atom is 0.230 e. The molecule has 1 amide bonds. The molecule has 0 unspecified atom stereocenters. The molecule has 26 heavy (non-hydrogen) atoms. The first-order valence-electron chi connectivity index (χ1n) is 8.27. The summed E-state index contributed by atoms with van der Waals surface area (Å²) in [4.78, 5) is 16.6. The smallest absolute Gasteiger partial charge is 0.230 e. The Morgan fingerprint density at radius 1 is 1.19 bits per heavy atom. The third kappa shape index (κ3) is 4.46. The number of methoxy groups -OCH3 is 1. The summed E-state index contributed by atoms with van der Waals surface area (Å²) >= 11 is 1.43. The molecule has 0 bridgehead atoms. The number of imidazole rings is 1. The lowest BCUT2D eigenvalue weighted by atomic mass is 10.2. The molecule has 1 N–H and O–H groups in total. The van der Waals surface area contributed by atoms with E-state index in [1.165, 1.54) is 11.8 Å². The third-order valence-electron chi connectivity index (χ3n) is 3.97. The highest BCUT2D eigenvalue weighted by Crippen LogP contribution is 2.24. The summed E-state index contributed by atoms with van der Waals surface area (Å²) in [5, 5.41) is 3.75. The van der Waals surface area contributed by atoms with Gasteiger partial charge in [0.05, 0.1) is 24.8 Å². The molecule has 0 fully saturated rings. The number of amides is 1. The van der Waals surface area contributed by atoms with E-state index in [-0.39, 0.29) is 5.91 Å². The van der Waals surface area contributed by atoms with E-state index in [1.54, 1.807) is 7.11 Å². The van der Waals surface area contributed by atoms with Gasteiger partial charge in [-0.1, -0.05) is 54.2 Å². The van der Waals surface area contributed by atoms with E-state index < -0.39 is 0 Å². The molecular formula is C20H21N3O2S. The van der Waals surface area contributed by atoms with Crippen molar-refractivity contribution in [2.24, 2.45) is 7.05 Å². The standard InChI is InChI=1S/C20H21N3O2S/c1-23-18(16-8-4-3-5-9-16)13-22-20(23)26-14-19(24)21-12-15-7-6-10-17(11-15)25-2/h3-11,13H,12,14H2,1-2H3,(H,21,24). The number of hydrogen-bond acceptors (Lipinski definition) is 4. The molecule has 6 heteroatoms. The quantitative estimate of drug-likeness (QED) is 0.650. The monoisotopic (exact) mass is 367 g/mol. The molecule has 0 saturated carbocycles. The Kier molecular flexibility index (Phi) is 5.96. The topological polar surface area (TPSA) is 56.1 Å². The van der Waals surface area contributed by atoms with Crippen LogP contribution in [0.15, 0.2) is 66.0 Å². The summed E-state index contributed by atoms with van der Waals surface area (Å²) in [7, 11) is 3.59. The fraction of sp³-hybridized carbons (Fsp3) is 0.200. The van der Waals surface area contributed by atoms with Gasteiger partial charge in [0.15, 0.2) is 5.16 Å². The number of carbonyl (C=O) groups is 1. The number of carbonyl (C=O) groups excluding carboxylic acids is 1. The number of ether oxygens (including phenoxy) is 1. The fourth-order valence-electron chi connectivity index (χ4n) is 2.57. The van der Waals surface area contributed by atoms with Gasteiger partial charge in [0.1, 0.15) is 5.75 Å². The van der Waals surface area contributed by atoms with Crippen molar-refractivity contribution in [1.82, 2.24) is 14.9 Å². The van der Waals surface area contributed by atoms with Gasteiger partial charge in [-0.25, -0.2) is 4.98 Å². The van der Waals surface area contributed by atoms with Gasteiger partial charge in [0, 0.05) is 13.6 Å². The summed E-state index contributed by atoms with van der Waals surface area (Å²) in [5.74, 6) is 1.08. The van der Waals surface area contributed by atoms with Crippen molar-refractivity contribution in [2.75, 3.05) is 12.9 Å². The molecule has 0 atom stereocenters. The van der Waals surface area contributed by atoms with Crippen LogP contribution >= 0.6 is 11.8 Å². The SMILES string of the molecule is COc1cccc(CNC(=O)CSc2ncc(-c3ccccc3)n2C)c1. The number of nitrogens with zero attached hydrogens (tertiary/aromatic N) is 2. The minimum atomic E-state index is -0.0259. The van der Waals surface area contributed by atoms with Crippen LogP contribution in [0.1, 0.15) is 5.56 Å². The van der Waals surface area contributed by atoms with Gasteiger partial charge >= 0.3 is 0 Å². The Bertz CT molecular complexity index is 878. The summed E-state index contributed by atoms with van der Waals surface area (Å²) < 4.78 is 7.20. The van der Waals surface area contributed by atoms with E-state index in [1.807, 2.05) is 72.4 Å². The summed E-state index contributed by atoms with van der Waals surface area (Å²) in [6, 6.07) is 17.8. The van der Waals surface area contributed by atoms with Crippen molar-refractivity contribution >= 4 is 17.7 Å². The zero-order valence-corrected chi connectivity index (χ0v) is 15.6. The van der Waals surface area contributed by atoms with Crippen molar-refractivity contribution in [3.05, 3.63) is 66.4 Å². The highest BCUT2D eigenvalue weighted by atomic mass is 32.2. The van der Waals surface area contributed by atoms with Gasteiger partial charge in [0.25, 0.3) is 0 Å². The van der Waals surface area contributed by atoms with Crippen molar-refractivity contribution in [1.29, 1.82) is 0 Å². The zero-order valence-electron chi connectivity index (χ0n) is 14.8. The largest absolute Gasteiger partial charge is 0.497 e. The molecule has 2 aromatic carbocycles. The number of nitrogens with one attached hydrogen (secondary N) is 1. The Hall–Kier alpha value is -2.73. The lowest BCUT2D eigenvalue weighted by Crippen LogP contribution is -2.24. The molecule has 5 nitrogen and oxygen atoms in total. The fourth-order valence-corrected chi connectivity index (χ4v) is 3.35. The highest BCUT2D eigenvalue weighted by Gasteiger charge is 2.11. The maximum atomic E-state index is 12.1. The first kappa shape index (κ1) is 18.1. The van der Waals surface area contributed by atoms with Crippen LogP contribution in [0.5, 0.6) is 5.75 Å². The third-order valence-corrected chi connectivity index (χ3v) is 5.02. The Morgan fingerprint density at radius 2 is 2.00 bits per heavy atom. The van der Waals surface area contributed by atoms with Gasteiger partial charge < -0.3 is 14.6 Å². The zero-order chi connectivity index (χ0) is 18.4. The minimum absolute atomic E-state index is 0.0259. The molecular weight excluding hydrogens is 346 g/mol. The van der Waals surface area contributed by atoms with Crippen molar-refractivity contribution in [2.45, 2.75) is 11.7 Å². The van der Waals surface area contributed by atoms with E-state index in [2.05, 4.69) is 10.3 Å². The summed E-state index contributed by atoms with van der Waals surface area (Å²) in [5.41, 5.74) is 3.15. The number of aromatic nitrogens is 2. The van der Waals surface area contributed by atoms with E-state index in [4.69, 9.17) is 4.74 Å². The predicted octanol–water partition coefficient (Wildman–Crippen LogP) is 3.50. The molecule has 0 aliphatic heterocycles. The van der Waals surface area contributed by atoms with Crippen LogP contribution in [0.3, 0.4) is 0 Å². The van der Waals surface area contributed by atoms with Crippen molar-refractivity contribution in [3.8, 4) is 17.0 Å². The lowest BCUT2D eigenvalue weighted by Gasteiger charge is -2.08. The van der Waals surface area contributed by atoms with Crippen LogP contribution in [0.25, 0.3) is 11.3 Å². The highest BCUT2D eigenvalue weighted by molar-refractivity contribution is 7.99. The van der Waals surface area contributed by atoms with Crippen molar-refractivity contribution < 1.29 is 9.53 Å². The van der Waals surface area contributed by atoms with E-state index in [0.29, 0.717) is 12.3 Å². The molecule has 1 aromatic heterocycles. The minimum Gasteiger partial charge on any atom is -0.497 e. The molecule has 1 heterocycles. The van der Waals surface area contributed by atoms with E-state index in [0.717, 1.165) is 27.7 Å².